The summed E-state index contributed by atoms with van der Waals surface area (Å²) in [6.07, 6.45) is -0.687. The van der Waals surface area contributed by atoms with Crippen LogP contribution < -0.4 is 0 Å². The Hall–Kier alpha value is -0.690. The van der Waals surface area contributed by atoms with Gasteiger partial charge in [-0.3, -0.25) is 4.90 Å². The molecule has 1 saturated heterocycles. The van der Waals surface area contributed by atoms with Crippen molar-refractivity contribution < 1.29 is 13.2 Å². The van der Waals surface area contributed by atoms with Crippen LogP contribution in [0.25, 0.3) is 0 Å². The molecule has 1 aliphatic rings. The minimum absolute atomic E-state index is 0.281. The van der Waals surface area contributed by atoms with Crippen LogP contribution in [0.15, 0.2) is 0 Å². The highest BCUT2D eigenvalue weighted by Crippen LogP contribution is 2.32. The monoisotopic (exact) mass is 275 g/mol. The smallest absolute Gasteiger partial charge is 0.292 e. The van der Waals surface area contributed by atoms with E-state index in [0.717, 1.165) is 25.7 Å². The molecule has 110 valence electrons. The molecule has 0 radical (unpaired) electrons. The largest absolute Gasteiger partial charge is 0.404 e. The van der Waals surface area contributed by atoms with Crippen molar-refractivity contribution >= 4 is 0 Å². The van der Waals surface area contributed by atoms with Crippen LogP contribution in [0.1, 0.15) is 46.5 Å². The number of rotatable bonds is 3. The Morgan fingerprint density at radius 2 is 1.79 bits per heavy atom. The van der Waals surface area contributed by atoms with E-state index in [1.807, 2.05) is 0 Å². The predicted molar refractivity (Wildman–Crippen MR) is 71.7 cm³/mol. The van der Waals surface area contributed by atoms with Crippen molar-refractivity contribution in [3.8, 4) is 11.8 Å². The van der Waals surface area contributed by atoms with Gasteiger partial charge in [0, 0.05) is 12.3 Å². The highest BCUT2D eigenvalue weighted by molar-refractivity contribution is 5.05. The summed E-state index contributed by atoms with van der Waals surface area (Å²) in [5, 5.41) is 0. The second-order valence-electron chi connectivity index (χ2n) is 5.61. The van der Waals surface area contributed by atoms with E-state index in [2.05, 4.69) is 18.8 Å². The number of unbranched alkanes of at least 4 members (excludes halogenated alkanes) is 1. The molecular weight excluding hydrogens is 251 g/mol. The highest BCUT2D eigenvalue weighted by Gasteiger charge is 2.45. The normalized spacial score (nSPS) is 20.2. The lowest BCUT2D eigenvalue weighted by Crippen LogP contribution is -2.51. The van der Waals surface area contributed by atoms with Gasteiger partial charge in [0.05, 0.1) is 0 Å². The van der Waals surface area contributed by atoms with E-state index in [9.17, 15) is 13.2 Å². The Bertz CT molecular complexity index is 317. The first-order chi connectivity index (χ1) is 8.86. The minimum Gasteiger partial charge on any atom is -0.292 e. The lowest BCUT2D eigenvalue weighted by molar-refractivity contribution is -0.197. The molecule has 0 saturated carbocycles. The average Bonchev–Trinajstić information content (AvgIpc) is 2.29. The number of piperidine rings is 1. The van der Waals surface area contributed by atoms with Gasteiger partial charge in [-0.15, -0.1) is 5.92 Å². The zero-order valence-electron chi connectivity index (χ0n) is 12.1. The summed E-state index contributed by atoms with van der Waals surface area (Å²) in [6, 6.07) is -1.31. The molecule has 1 rings (SSSR count). The van der Waals surface area contributed by atoms with Crippen LogP contribution in [0.3, 0.4) is 0 Å². The molecule has 19 heavy (non-hydrogen) atoms. The number of halogens is 3. The Morgan fingerprint density at radius 1 is 1.21 bits per heavy atom. The Labute approximate surface area is 114 Å². The fraction of sp³-hybridized carbons (Fsp3) is 0.867. The van der Waals surface area contributed by atoms with Crippen LogP contribution in [0.4, 0.5) is 13.2 Å². The molecule has 1 atom stereocenters. The summed E-state index contributed by atoms with van der Waals surface area (Å²) >= 11 is 0. The van der Waals surface area contributed by atoms with Gasteiger partial charge in [-0.1, -0.05) is 26.7 Å². The molecule has 0 amide bonds. The van der Waals surface area contributed by atoms with Gasteiger partial charge < -0.3 is 0 Å². The van der Waals surface area contributed by atoms with E-state index >= 15 is 0 Å². The van der Waals surface area contributed by atoms with Crippen molar-refractivity contribution in [2.24, 2.45) is 11.8 Å². The van der Waals surface area contributed by atoms with Crippen LogP contribution in [0, 0.1) is 23.7 Å². The zero-order valence-corrected chi connectivity index (χ0v) is 12.1. The maximum atomic E-state index is 13.0. The molecule has 0 aromatic rings. The fourth-order valence-corrected chi connectivity index (χ4v) is 2.67. The van der Waals surface area contributed by atoms with Gasteiger partial charge in [0.25, 0.3) is 0 Å². The topological polar surface area (TPSA) is 3.24 Å². The quantitative estimate of drug-likeness (QED) is 0.701. The molecule has 0 bridgehead atoms. The Kier molecular flexibility index (Phi) is 6.19. The molecule has 1 fully saturated rings. The predicted octanol–water partition coefficient (Wildman–Crippen LogP) is 4.09. The third kappa shape index (κ3) is 5.06. The highest BCUT2D eigenvalue weighted by atomic mass is 19.4. The first kappa shape index (κ1) is 16.4. The van der Waals surface area contributed by atoms with E-state index < -0.39 is 18.1 Å². The standard InChI is InChI=1S/C15H24F3N/c1-4-5-6-7-13-8-10-19(11-9-13)14(12(2)3)15(16,17)18/h12-14H,4-5,8-11H2,1-3H3. The van der Waals surface area contributed by atoms with E-state index in [-0.39, 0.29) is 5.92 Å². The van der Waals surface area contributed by atoms with Gasteiger partial charge in [-0.25, -0.2) is 0 Å². The molecule has 0 spiro atoms. The first-order valence-corrected chi connectivity index (χ1v) is 7.15. The molecule has 1 unspecified atom stereocenters. The van der Waals surface area contributed by atoms with Crippen molar-refractivity contribution in [1.82, 2.24) is 4.90 Å². The van der Waals surface area contributed by atoms with E-state index in [0.29, 0.717) is 13.1 Å². The Morgan fingerprint density at radius 3 is 2.21 bits per heavy atom. The van der Waals surface area contributed by atoms with Crippen molar-refractivity contribution in [3.63, 3.8) is 0 Å². The lowest BCUT2D eigenvalue weighted by atomic mass is 9.93. The first-order valence-electron chi connectivity index (χ1n) is 7.15. The van der Waals surface area contributed by atoms with Gasteiger partial charge >= 0.3 is 6.18 Å². The second kappa shape index (κ2) is 7.19. The van der Waals surface area contributed by atoms with Gasteiger partial charge in [-0.05, 0) is 38.3 Å². The molecule has 4 heteroatoms. The SMILES string of the molecule is CCCC#CC1CCN(C(C(C)C)C(F)(F)F)CC1. The summed E-state index contributed by atoms with van der Waals surface area (Å²) in [7, 11) is 0. The van der Waals surface area contributed by atoms with Crippen LogP contribution in [0.5, 0.6) is 0 Å². The van der Waals surface area contributed by atoms with Gasteiger partial charge in [0.2, 0.25) is 0 Å². The third-order valence-corrected chi connectivity index (χ3v) is 3.57. The number of hydrogen-bond donors (Lipinski definition) is 0. The molecule has 0 aromatic heterocycles. The summed E-state index contributed by atoms with van der Waals surface area (Å²) in [4.78, 5) is 1.59. The number of likely N-dealkylation sites (tertiary alicyclic amines) is 1. The Balaban J connectivity index is 2.55. The molecule has 1 heterocycles. The number of hydrogen-bond acceptors (Lipinski definition) is 1. The van der Waals surface area contributed by atoms with Crippen LogP contribution in [-0.4, -0.2) is 30.2 Å². The number of alkyl halides is 3. The van der Waals surface area contributed by atoms with Gasteiger partial charge in [-0.2, -0.15) is 13.2 Å². The van der Waals surface area contributed by atoms with Crippen LogP contribution in [0.2, 0.25) is 0 Å². The van der Waals surface area contributed by atoms with Gasteiger partial charge in [0.15, 0.2) is 0 Å². The minimum atomic E-state index is -4.13. The molecule has 1 aliphatic heterocycles. The van der Waals surface area contributed by atoms with E-state index in [4.69, 9.17) is 0 Å². The molecule has 0 aliphatic carbocycles. The summed E-state index contributed by atoms with van der Waals surface area (Å²) in [6.45, 7) is 6.38. The van der Waals surface area contributed by atoms with E-state index in [1.165, 1.54) is 0 Å². The number of nitrogens with zero attached hydrogens (tertiary/aromatic N) is 1. The van der Waals surface area contributed by atoms with Crippen LogP contribution in [-0.2, 0) is 0 Å². The molecule has 1 nitrogen and oxygen atoms in total. The fourth-order valence-electron chi connectivity index (χ4n) is 2.67. The van der Waals surface area contributed by atoms with Crippen molar-refractivity contribution in [2.45, 2.75) is 58.7 Å². The van der Waals surface area contributed by atoms with E-state index in [1.54, 1.807) is 18.7 Å². The summed E-state index contributed by atoms with van der Waals surface area (Å²) in [5.41, 5.74) is 0. The second-order valence-corrected chi connectivity index (χ2v) is 5.61. The maximum absolute atomic E-state index is 13.0. The van der Waals surface area contributed by atoms with Crippen molar-refractivity contribution in [1.29, 1.82) is 0 Å². The third-order valence-electron chi connectivity index (χ3n) is 3.57. The zero-order chi connectivity index (χ0) is 14.5. The molecule has 0 N–H and O–H groups in total. The maximum Gasteiger partial charge on any atom is 0.404 e. The molecule has 0 aromatic carbocycles. The van der Waals surface area contributed by atoms with Crippen molar-refractivity contribution in [2.75, 3.05) is 13.1 Å². The summed E-state index contributed by atoms with van der Waals surface area (Å²) < 4.78 is 39.1. The lowest BCUT2D eigenvalue weighted by Gasteiger charge is -2.39. The van der Waals surface area contributed by atoms with Gasteiger partial charge in [0.1, 0.15) is 6.04 Å². The van der Waals surface area contributed by atoms with Crippen molar-refractivity contribution in [3.05, 3.63) is 0 Å². The van der Waals surface area contributed by atoms with Crippen LogP contribution >= 0.6 is 0 Å². The molecular formula is C15H24F3N. The summed E-state index contributed by atoms with van der Waals surface area (Å²) in [5.74, 6) is 6.18. The average molecular weight is 275 g/mol.